The smallest absolute Gasteiger partial charge is 0.328 e. The minimum absolute atomic E-state index is 0.00728. The van der Waals surface area contributed by atoms with Crippen molar-refractivity contribution in [1.29, 1.82) is 0 Å². The van der Waals surface area contributed by atoms with Crippen LogP contribution in [0, 0.1) is 0 Å². The van der Waals surface area contributed by atoms with Gasteiger partial charge in [-0.15, -0.1) is 11.3 Å². The number of thiazole rings is 1. The number of aromatic amines is 1. The van der Waals surface area contributed by atoms with Crippen molar-refractivity contribution in [3.8, 4) is 0 Å². The Balaban J connectivity index is 1.43. The molecule has 1 atom stereocenters. The molecular weight excluding hydrogens is 406 g/mol. The van der Waals surface area contributed by atoms with Crippen molar-refractivity contribution in [1.82, 2.24) is 20.6 Å². The summed E-state index contributed by atoms with van der Waals surface area (Å²) in [6, 6.07) is 6.75. The number of hydrogen-bond donors (Lipinski definition) is 3. The predicted octanol–water partition coefficient (Wildman–Crippen LogP) is 1.60. The zero-order chi connectivity index (χ0) is 21.1. The molecule has 4 rings (SSSR count). The van der Waals surface area contributed by atoms with Gasteiger partial charge in [-0.1, -0.05) is 18.2 Å². The highest BCUT2D eigenvalue weighted by Gasteiger charge is 2.26. The third-order valence-corrected chi connectivity index (χ3v) is 5.80. The van der Waals surface area contributed by atoms with Crippen LogP contribution in [0.25, 0.3) is 10.9 Å². The number of hydrogen-bond acceptors (Lipinski definition) is 6. The molecule has 10 heteroatoms. The number of benzene rings is 1. The Kier molecular flexibility index (Phi) is 5.66. The quantitative estimate of drug-likeness (QED) is 0.495. The fourth-order valence-electron chi connectivity index (χ4n) is 3.42. The van der Waals surface area contributed by atoms with Gasteiger partial charge in [0.05, 0.1) is 19.2 Å². The second-order valence-electron chi connectivity index (χ2n) is 6.89. The molecule has 1 aromatic carbocycles. The van der Waals surface area contributed by atoms with Crippen LogP contribution in [0.15, 0.2) is 35.8 Å². The molecule has 0 unspecified atom stereocenters. The molecular formula is C20H21N5O4S. The van der Waals surface area contributed by atoms with E-state index in [2.05, 4.69) is 20.6 Å². The normalized spacial score (nSPS) is 14.6. The topological polar surface area (TPSA) is 116 Å². The summed E-state index contributed by atoms with van der Waals surface area (Å²) in [5.74, 6) is -0.852. The van der Waals surface area contributed by atoms with Gasteiger partial charge in [0.15, 0.2) is 5.13 Å². The van der Waals surface area contributed by atoms with Crippen LogP contribution in [0.4, 0.5) is 9.93 Å². The van der Waals surface area contributed by atoms with Gasteiger partial charge in [0.2, 0.25) is 5.91 Å². The molecule has 1 saturated heterocycles. The predicted molar refractivity (Wildman–Crippen MR) is 113 cm³/mol. The van der Waals surface area contributed by atoms with E-state index < -0.39 is 12.0 Å². The van der Waals surface area contributed by atoms with Gasteiger partial charge in [-0.3, -0.25) is 9.69 Å². The van der Waals surface area contributed by atoms with Gasteiger partial charge in [-0.25, -0.2) is 14.6 Å². The molecule has 3 amide bonds. The van der Waals surface area contributed by atoms with E-state index >= 15 is 0 Å². The molecule has 156 valence electrons. The molecule has 3 aromatic rings. The Labute approximate surface area is 176 Å². The highest BCUT2D eigenvalue weighted by Crippen LogP contribution is 2.22. The lowest BCUT2D eigenvalue weighted by atomic mass is 10.0. The molecule has 0 saturated carbocycles. The highest BCUT2D eigenvalue weighted by molar-refractivity contribution is 7.14. The van der Waals surface area contributed by atoms with E-state index in [1.54, 1.807) is 10.3 Å². The largest absolute Gasteiger partial charge is 0.467 e. The van der Waals surface area contributed by atoms with E-state index in [-0.39, 0.29) is 18.4 Å². The summed E-state index contributed by atoms with van der Waals surface area (Å²) in [4.78, 5) is 45.7. The van der Waals surface area contributed by atoms with Crippen LogP contribution < -0.4 is 15.5 Å². The Morgan fingerprint density at radius 1 is 1.37 bits per heavy atom. The number of ether oxygens (including phenoxy) is 1. The monoisotopic (exact) mass is 427 g/mol. The molecule has 9 nitrogen and oxygen atoms in total. The third kappa shape index (κ3) is 4.13. The molecule has 3 N–H and O–H groups in total. The standard InChI is InChI=1S/C20H21N5O4S/c1-29-18(27)16(8-12-10-22-15-5-3-2-4-14(12)15)24-17(26)9-13-11-30-20(23-13)25-7-6-21-19(25)28/h2-5,10-11,16,22H,6-9H2,1H3,(H,21,28)(H,24,26)/t16-/m1/s1. The highest BCUT2D eigenvalue weighted by atomic mass is 32.1. The molecule has 1 aliphatic rings. The summed E-state index contributed by atoms with van der Waals surface area (Å²) >= 11 is 1.31. The summed E-state index contributed by atoms with van der Waals surface area (Å²) < 4.78 is 4.88. The van der Waals surface area contributed by atoms with Gasteiger partial charge in [0.1, 0.15) is 6.04 Å². The summed E-state index contributed by atoms with van der Waals surface area (Å²) in [6.45, 7) is 1.12. The fourth-order valence-corrected chi connectivity index (χ4v) is 4.27. The summed E-state index contributed by atoms with van der Waals surface area (Å²) in [6.07, 6.45) is 2.15. The van der Waals surface area contributed by atoms with Gasteiger partial charge < -0.3 is 20.4 Å². The van der Waals surface area contributed by atoms with Crippen LogP contribution in [0.5, 0.6) is 0 Å². The molecule has 1 aliphatic heterocycles. The number of amides is 3. The van der Waals surface area contributed by atoms with E-state index in [1.165, 1.54) is 18.4 Å². The molecule has 1 fully saturated rings. The molecule has 0 spiro atoms. The molecule has 30 heavy (non-hydrogen) atoms. The second-order valence-corrected chi connectivity index (χ2v) is 7.73. The first-order chi connectivity index (χ1) is 14.5. The number of urea groups is 1. The summed E-state index contributed by atoms with van der Waals surface area (Å²) in [7, 11) is 1.30. The number of carbonyl (C=O) groups is 3. The van der Waals surface area contributed by atoms with Gasteiger partial charge in [0.25, 0.3) is 0 Å². The van der Waals surface area contributed by atoms with Crippen molar-refractivity contribution < 1.29 is 19.1 Å². The van der Waals surface area contributed by atoms with Crippen LogP contribution >= 0.6 is 11.3 Å². The minimum Gasteiger partial charge on any atom is -0.467 e. The van der Waals surface area contributed by atoms with E-state index in [0.29, 0.717) is 30.3 Å². The van der Waals surface area contributed by atoms with Crippen molar-refractivity contribution >= 4 is 45.3 Å². The lowest BCUT2D eigenvalue weighted by Crippen LogP contribution is -2.43. The fraction of sp³-hybridized carbons (Fsp3) is 0.300. The van der Waals surface area contributed by atoms with E-state index in [9.17, 15) is 14.4 Å². The SMILES string of the molecule is COC(=O)[C@@H](Cc1c[nH]c2ccccc12)NC(=O)Cc1csc(N2CCNC2=O)n1. The maximum atomic E-state index is 12.6. The van der Waals surface area contributed by atoms with Crippen LogP contribution in [0.2, 0.25) is 0 Å². The Bertz CT molecular complexity index is 1090. The number of nitrogens with one attached hydrogen (secondary N) is 3. The van der Waals surface area contributed by atoms with Crippen molar-refractivity contribution in [3.05, 3.63) is 47.1 Å². The van der Waals surface area contributed by atoms with Crippen molar-refractivity contribution in [2.24, 2.45) is 0 Å². The van der Waals surface area contributed by atoms with Gasteiger partial charge in [-0.05, 0) is 11.6 Å². The van der Waals surface area contributed by atoms with Gasteiger partial charge in [-0.2, -0.15) is 0 Å². The lowest BCUT2D eigenvalue weighted by molar-refractivity contribution is -0.145. The maximum absolute atomic E-state index is 12.6. The Morgan fingerprint density at radius 3 is 2.97 bits per heavy atom. The van der Waals surface area contributed by atoms with Crippen LogP contribution in [0.1, 0.15) is 11.3 Å². The number of H-pyrrole nitrogens is 1. The maximum Gasteiger partial charge on any atom is 0.328 e. The van der Waals surface area contributed by atoms with E-state index in [4.69, 9.17) is 4.74 Å². The Morgan fingerprint density at radius 2 is 2.20 bits per heavy atom. The molecule has 3 heterocycles. The summed E-state index contributed by atoms with van der Waals surface area (Å²) in [5, 5.41) is 8.76. The molecule has 0 aliphatic carbocycles. The average Bonchev–Trinajstić information content (AvgIpc) is 3.47. The molecule has 2 aromatic heterocycles. The first-order valence-corrected chi connectivity index (χ1v) is 10.3. The number of carbonyl (C=O) groups excluding carboxylic acids is 3. The first kappa shape index (κ1) is 19.9. The van der Waals surface area contributed by atoms with E-state index in [0.717, 1.165) is 16.5 Å². The first-order valence-electron chi connectivity index (χ1n) is 9.47. The number of aromatic nitrogens is 2. The number of anilines is 1. The number of para-hydroxylation sites is 1. The van der Waals surface area contributed by atoms with Crippen LogP contribution in [-0.4, -0.2) is 54.1 Å². The molecule has 0 bridgehead atoms. The van der Waals surface area contributed by atoms with Crippen molar-refractivity contribution in [2.75, 3.05) is 25.1 Å². The number of methoxy groups -OCH3 is 1. The van der Waals surface area contributed by atoms with Crippen LogP contribution in [0.3, 0.4) is 0 Å². The third-order valence-electron chi connectivity index (χ3n) is 4.89. The lowest BCUT2D eigenvalue weighted by Gasteiger charge is -2.16. The Hall–Kier alpha value is -3.40. The van der Waals surface area contributed by atoms with Crippen LogP contribution in [-0.2, 0) is 27.2 Å². The zero-order valence-corrected chi connectivity index (χ0v) is 17.1. The van der Waals surface area contributed by atoms with Crippen molar-refractivity contribution in [3.63, 3.8) is 0 Å². The van der Waals surface area contributed by atoms with Gasteiger partial charge in [0, 0.05) is 42.0 Å². The number of esters is 1. The van der Waals surface area contributed by atoms with E-state index in [1.807, 2.05) is 30.5 Å². The number of nitrogens with zero attached hydrogens (tertiary/aromatic N) is 2. The number of fused-ring (bicyclic) bond motifs is 1. The van der Waals surface area contributed by atoms with Crippen molar-refractivity contribution in [2.45, 2.75) is 18.9 Å². The molecule has 0 radical (unpaired) electrons. The van der Waals surface area contributed by atoms with Gasteiger partial charge >= 0.3 is 12.0 Å². The average molecular weight is 427 g/mol. The second kappa shape index (κ2) is 8.54. The zero-order valence-electron chi connectivity index (χ0n) is 16.3. The number of rotatable bonds is 7. The minimum atomic E-state index is -0.816. The summed E-state index contributed by atoms with van der Waals surface area (Å²) in [5.41, 5.74) is 2.42.